The van der Waals surface area contributed by atoms with Gasteiger partial charge in [-0.1, -0.05) is 19.8 Å². The van der Waals surface area contributed by atoms with Gasteiger partial charge in [-0.3, -0.25) is 14.5 Å². The predicted molar refractivity (Wildman–Crippen MR) is 93.6 cm³/mol. The highest BCUT2D eigenvalue weighted by molar-refractivity contribution is 5.82. The Labute approximate surface area is 145 Å². The standard InChI is InChI=1S/C18H32N4O2/c1-14-4-2-5-15(12-14)20-17(23)13-21-8-10-22(11-9-21)18(24)16-6-3-7-19-16/h14-16,19H,2-13H2,1H3,(H,20,23). The molecule has 3 rings (SSSR count). The zero-order chi connectivity index (χ0) is 16.9. The number of amides is 2. The van der Waals surface area contributed by atoms with Crippen molar-refractivity contribution >= 4 is 11.8 Å². The number of hydrogen-bond acceptors (Lipinski definition) is 4. The van der Waals surface area contributed by atoms with Gasteiger partial charge in [-0.15, -0.1) is 0 Å². The summed E-state index contributed by atoms with van der Waals surface area (Å²) in [4.78, 5) is 28.8. The summed E-state index contributed by atoms with van der Waals surface area (Å²) in [7, 11) is 0. The third kappa shape index (κ3) is 4.70. The lowest BCUT2D eigenvalue weighted by atomic mass is 9.87. The molecular weight excluding hydrogens is 304 g/mol. The summed E-state index contributed by atoms with van der Waals surface area (Å²) in [5.74, 6) is 1.11. The summed E-state index contributed by atoms with van der Waals surface area (Å²) in [5.41, 5.74) is 0. The van der Waals surface area contributed by atoms with Gasteiger partial charge >= 0.3 is 0 Å². The highest BCUT2D eigenvalue weighted by Gasteiger charge is 2.29. The molecule has 0 radical (unpaired) electrons. The molecule has 6 heteroatoms. The van der Waals surface area contributed by atoms with Crippen LogP contribution in [0.3, 0.4) is 0 Å². The molecule has 24 heavy (non-hydrogen) atoms. The summed E-state index contributed by atoms with van der Waals surface area (Å²) in [5, 5.41) is 6.48. The van der Waals surface area contributed by atoms with Crippen LogP contribution in [0.25, 0.3) is 0 Å². The van der Waals surface area contributed by atoms with Gasteiger partial charge in [0.2, 0.25) is 11.8 Å². The first-order valence-corrected chi connectivity index (χ1v) is 9.65. The highest BCUT2D eigenvalue weighted by atomic mass is 16.2. The minimum absolute atomic E-state index is 0.0214. The second-order valence-electron chi connectivity index (χ2n) is 7.79. The number of rotatable bonds is 4. The van der Waals surface area contributed by atoms with Crippen molar-refractivity contribution in [1.29, 1.82) is 0 Å². The van der Waals surface area contributed by atoms with E-state index in [1.165, 1.54) is 12.8 Å². The van der Waals surface area contributed by atoms with Crippen molar-refractivity contribution in [3.63, 3.8) is 0 Å². The van der Waals surface area contributed by atoms with Gasteiger partial charge in [0.25, 0.3) is 0 Å². The van der Waals surface area contributed by atoms with Crippen LogP contribution in [-0.4, -0.2) is 73.0 Å². The molecule has 136 valence electrons. The third-order valence-corrected chi connectivity index (χ3v) is 5.71. The maximum atomic E-state index is 12.4. The second-order valence-corrected chi connectivity index (χ2v) is 7.79. The molecule has 3 unspecified atom stereocenters. The first-order valence-electron chi connectivity index (χ1n) is 9.65. The van der Waals surface area contributed by atoms with E-state index in [0.29, 0.717) is 12.6 Å². The van der Waals surface area contributed by atoms with Crippen LogP contribution < -0.4 is 10.6 Å². The van der Waals surface area contributed by atoms with Crippen molar-refractivity contribution in [3.05, 3.63) is 0 Å². The largest absolute Gasteiger partial charge is 0.352 e. The Morgan fingerprint density at radius 2 is 1.88 bits per heavy atom. The molecule has 2 heterocycles. The molecule has 1 saturated carbocycles. The van der Waals surface area contributed by atoms with Gasteiger partial charge in [0.15, 0.2) is 0 Å². The van der Waals surface area contributed by atoms with E-state index in [4.69, 9.17) is 0 Å². The van der Waals surface area contributed by atoms with Gasteiger partial charge < -0.3 is 15.5 Å². The van der Waals surface area contributed by atoms with E-state index in [-0.39, 0.29) is 17.9 Å². The zero-order valence-electron chi connectivity index (χ0n) is 14.9. The number of nitrogens with zero attached hydrogens (tertiary/aromatic N) is 2. The lowest BCUT2D eigenvalue weighted by Gasteiger charge is -2.36. The van der Waals surface area contributed by atoms with Gasteiger partial charge in [0.05, 0.1) is 12.6 Å². The molecule has 2 N–H and O–H groups in total. The van der Waals surface area contributed by atoms with Crippen molar-refractivity contribution in [3.8, 4) is 0 Å². The van der Waals surface area contributed by atoms with Crippen LogP contribution in [0.4, 0.5) is 0 Å². The second kappa shape index (κ2) is 8.30. The van der Waals surface area contributed by atoms with Crippen molar-refractivity contribution in [2.75, 3.05) is 39.3 Å². The number of carbonyl (C=O) groups is 2. The quantitative estimate of drug-likeness (QED) is 0.788. The number of piperazine rings is 1. The molecule has 3 fully saturated rings. The Hall–Kier alpha value is -1.14. The van der Waals surface area contributed by atoms with Crippen LogP contribution in [0.1, 0.15) is 45.4 Å². The smallest absolute Gasteiger partial charge is 0.239 e. The van der Waals surface area contributed by atoms with E-state index in [9.17, 15) is 9.59 Å². The monoisotopic (exact) mass is 336 g/mol. The summed E-state index contributed by atoms with van der Waals surface area (Å²) in [6.45, 7) is 6.77. The molecule has 0 bridgehead atoms. The Kier molecular flexibility index (Phi) is 6.11. The maximum Gasteiger partial charge on any atom is 0.239 e. The minimum Gasteiger partial charge on any atom is -0.352 e. The van der Waals surface area contributed by atoms with E-state index in [1.54, 1.807) is 0 Å². The molecule has 2 amide bonds. The molecule has 0 spiro atoms. The minimum atomic E-state index is 0.0214. The lowest BCUT2D eigenvalue weighted by molar-refractivity contribution is -0.135. The molecule has 3 aliphatic rings. The Bertz CT molecular complexity index is 442. The van der Waals surface area contributed by atoms with Crippen molar-refractivity contribution in [1.82, 2.24) is 20.4 Å². The molecule has 0 aromatic heterocycles. The predicted octanol–water partition coefficient (Wildman–Crippen LogP) is 0.578. The normalized spacial score (nSPS) is 31.9. The van der Waals surface area contributed by atoms with Crippen molar-refractivity contribution in [2.45, 2.75) is 57.5 Å². The first-order chi connectivity index (χ1) is 11.6. The zero-order valence-corrected chi connectivity index (χ0v) is 14.9. The molecule has 2 aliphatic heterocycles. The fourth-order valence-electron chi connectivity index (χ4n) is 4.28. The first kappa shape index (κ1) is 17.7. The Morgan fingerprint density at radius 1 is 1.08 bits per heavy atom. The SMILES string of the molecule is CC1CCCC(NC(=O)CN2CCN(C(=O)C3CCCN3)CC2)C1. The molecule has 0 aromatic rings. The molecule has 2 saturated heterocycles. The van der Waals surface area contributed by atoms with Crippen LogP contribution in [0.15, 0.2) is 0 Å². The van der Waals surface area contributed by atoms with Crippen LogP contribution in [-0.2, 0) is 9.59 Å². The molecule has 3 atom stereocenters. The van der Waals surface area contributed by atoms with Gasteiger partial charge in [-0.05, 0) is 38.1 Å². The summed E-state index contributed by atoms with van der Waals surface area (Å²) in [6.07, 6.45) is 6.80. The Balaban J connectivity index is 1.37. The van der Waals surface area contributed by atoms with E-state index in [0.717, 1.165) is 64.3 Å². The van der Waals surface area contributed by atoms with E-state index < -0.39 is 0 Å². The van der Waals surface area contributed by atoms with Gasteiger partial charge in [0.1, 0.15) is 0 Å². The summed E-state index contributed by atoms with van der Waals surface area (Å²) >= 11 is 0. The van der Waals surface area contributed by atoms with Crippen molar-refractivity contribution < 1.29 is 9.59 Å². The third-order valence-electron chi connectivity index (χ3n) is 5.71. The molecule has 0 aromatic carbocycles. The fraction of sp³-hybridized carbons (Fsp3) is 0.889. The molecular formula is C18H32N4O2. The van der Waals surface area contributed by atoms with E-state index in [2.05, 4.69) is 22.5 Å². The van der Waals surface area contributed by atoms with Gasteiger partial charge in [-0.2, -0.15) is 0 Å². The van der Waals surface area contributed by atoms with Gasteiger partial charge in [0, 0.05) is 32.2 Å². The van der Waals surface area contributed by atoms with E-state index in [1.807, 2.05) is 4.90 Å². The number of carbonyl (C=O) groups excluding carboxylic acids is 2. The fourth-order valence-corrected chi connectivity index (χ4v) is 4.28. The van der Waals surface area contributed by atoms with Crippen LogP contribution in [0, 0.1) is 5.92 Å². The lowest BCUT2D eigenvalue weighted by Crippen LogP contribution is -2.54. The molecule has 1 aliphatic carbocycles. The van der Waals surface area contributed by atoms with E-state index >= 15 is 0 Å². The number of hydrogen-bond donors (Lipinski definition) is 2. The Morgan fingerprint density at radius 3 is 2.54 bits per heavy atom. The molecule has 6 nitrogen and oxygen atoms in total. The number of nitrogens with one attached hydrogen (secondary N) is 2. The maximum absolute atomic E-state index is 12.4. The topological polar surface area (TPSA) is 64.7 Å². The van der Waals surface area contributed by atoms with Crippen LogP contribution in [0.2, 0.25) is 0 Å². The average Bonchev–Trinajstić information content (AvgIpc) is 3.09. The van der Waals surface area contributed by atoms with Gasteiger partial charge in [-0.25, -0.2) is 0 Å². The van der Waals surface area contributed by atoms with Crippen molar-refractivity contribution in [2.24, 2.45) is 5.92 Å². The van der Waals surface area contributed by atoms with Crippen LogP contribution >= 0.6 is 0 Å². The summed E-state index contributed by atoms with van der Waals surface area (Å²) < 4.78 is 0. The highest BCUT2D eigenvalue weighted by Crippen LogP contribution is 2.23. The summed E-state index contributed by atoms with van der Waals surface area (Å²) in [6, 6.07) is 0.380. The van der Waals surface area contributed by atoms with Crippen LogP contribution in [0.5, 0.6) is 0 Å². The average molecular weight is 336 g/mol.